The number of piperidine rings is 1. The van der Waals surface area contributed by atoms with Gasteiger partial charge in [-0.25, -0.2) is 4.79 Å². The van der Waals surface area contributed by atoms with Crippen molar-refractivity contribution in [3.8, 4) is 0 Å². The lowest BCUT2D eigenvalue weighted by Crippen LogP contribution is -2.21. The highest BCUT2D eigenvalue weighted by Crippen LogP contribution is 2.09. The van der Waals surface area contributed by atoms with E-state index in [2.05, 4.69) is 5.32 Å². The summed E-state index contributed by atoms with van der Waals surface area (Å²) in [6, 6.07) is 0. The molecule has 0 unspecified atom stereocenters. The Morgan fingerprint density at radius 3 is 3.08 bits per heavy atom. The lowest BCUT2D eigenvalue weighted by molar-refractivity contribution is -0.137. The van der Waals surface area contributed by atoms with Gasteiger partial charge in [0.05, 0.1) is 6.61 Å². The van der Waals surface area contributed by atoms with E-state index >= 15 is 0 Å². The van der Waals surface area contributed by atoms with E-state index in [0.717, 1.165) is 25.1 Å². The predicted molar refractivity (Wildman–Crippen MR) is 46.6 cm³/mol. The first-order valence-corrected chi connectivity index (χ1v) is 4.44. The number of ether oxygens (including phenoxy) is 1. The molecule has 1 aliphatic rings. The number of hydrogen-bond acceptors (Lipinski definition) is 3. The van der Waals surface area contributed by atoms with Crippen LogP contribution in [0.5, 0.6) is 0 Å². The van der Waals surface area contributed by atoms with Gasteiger partial charge in [-0.15, -0.1) is 0 Å². The molecule has 0 aromatic rings. The van der Waals surface area contributed by atoms with Gasteiger partial charge in [0.15, 0.2) is 0 Å². The molecule has 1 heterocycles. The molecule has 0 spiro atoms. The Labute approximate surface area is 72.8 Å². The summed E-state index contributed by atoms with van der Waals surface area (Å²) in [6.45, 7) is 3.23. The first-order chi connectivity index (χ1) is 5.83. The van der Waals surface area contributed by atoms with Crippen molar-refractivity contribution in [2.24, 2.45) is 0 Å². The standard InChI is InChI=1S/C9H15NO2/c1-2-12-9(11)7-8-5-3-4-6-10-8/h7,10H,2-6H2,1H3/b8-7-. The number of carbonyl (C=O) groups is 1. The van der Waals surface area contributed by atoms with Crippen LogP contribution < -0.4 is 5.32 Å². The van der Waals surface area contributed by atoms with Crippen LogP contribution in [0.4, 0.5) is 0 Å². The van der Waals surface area contributed by atoms with E-state index in [-0.39, 0.29) is 5.97 Å². The Morgan fingerprint density at radius 2 is 2.50 bits per heavy atom. The van der Waals surface area contributed by atoms with E-state index in [1.165, 1.54) is 6.42 Å². The van der Waals surface area contributed by atoms with Crippen LogP contribution in [-0.4, -0.2) is 19.1 Å². The van der Waals surface area contributed by atoms with Crippen molar-refractivity contribution in [1.29, 1.82) is 0 Å². The quantitative estimate of drug-likeness (QED) is 0.498. The monoisotopic (exact) mass is 169 g/mol. The highest BCUT2D eigenvalue weighted by molar-refractivity contribution is 5.82. The molecule has 68 valence electrons. The average molecular weight is 169 g/mol. The molecule has 0 aromatic carbocycles. The van der Waals surface area contributed by atoms with Crippen LogP contribution in [0.1, 0.15) is 26.2 Å². The van der Waals surface area contributed by atoms with Gasteiger partial charge in [0, 0.05) is 18.3 Å². The predicted octanol–water partition coefficient (Wildman–Crippen LogP) is 1.21. The van der Waals surface area contributed by atoms with Crippen LogP contribution in [-0.2, 0) is 9.53 Å². The summed E-state index contributed by atoms with van der Waals surface area (Å²) in [6.07, 6.45) is 4.89. The summed E-state index contributed by atoms with van der Waals surface area (Å²) in [5.74, 6) is -0.234. The van der Waals surface area contributed by atoms with Gasteiger partial charge in [-0.05, 0) is 26.2 Å². The number of esters is 1. The van der Waals surface area contributed by atoms with Crippen molar-refractivity contribution in [2.75, 3.05) is 13.2 Å². The van der Waals surface area contributed by atoms with Crippen molar-refractivity contribution in [3.05, 3.63) is 11.8 Å². The normalized spacial score (nSPS) is 20.2. The fourth-order valence-electron chi connectivity index (χ4n) is 1.23. The van der Waals surface area contributed by atoms with E-state index in [4.69, 9.17) is 4.74 Å². The van der Waals surface area contributed by atoms with Crippen LogP contribution in [0, 0.1) is 0 Å². The second kappa shape index (κ2) is 4.80. The third-order valence-electron chi connectivity index (χ3n) is 1.80. The Bertz CT molecular complexity index is 179. The maximum Gasteiger partial charge on any atom is 0.332 e. The first kappa shape index (κ1) is 9.10. The molecule has 0 amide bonds. The van der Waals surface area contributed by atoms with Crippen molar-refractivity contribution in [1.82, 2.24) is 5.32 Å². The average Bonchev–Trinajstić information content (AvgIpc) is 2.06. The zero-order valence-electron chi connectivity index (χ0n) is 7.43. The SMILES string of the molecule is CCOC(=O)/C=C1/CCCCN1. The first-order valence-electron chi connectivity index (χ1n) is 4.44. The number of nitrogens with one attached hydrogen (secondary N) is 1. The zero-order chi connectivity index (χ0) is 8.81. The van der Waals surface area contributed by atoms with E-state index in [9.17, 15) is 4.79 Å². The maximum atomic E-state index is 11.0. The molecule has 12 heavy (non-hydrogen) atoms. The molecule has 0 bridgehead atoms. The molecular weight excluding hydrogens is 154 g/mol. The van der Waals surface area contributed by atoms with Crippen LogP contribution >= 0.6 is 0 Å². The highest BCUT2D eigenvalue weighted by Gasteiger charge is 2.06. The van der Waals surface area contributed by atoms with Crippen molar-refractivity contribution in [3.63, 3.8) is 0 Å². The minimum absolute atomic E-state index is 0.234. The third-order valence-corrected chi connectivity index (χ3v) is 1.80. The number of allylic oxidation sites excluding steroid dienone is 1. The smallest absolute Gasteiger partial charge is 0.332 e. The molecular formula is C9H15NO2. The van der Waals surface area contributed by atoms with Gasteiger partial charge in [-0.3, -0.25) is 0 Å². The van der Waals surface area contributed by atoms with Gasteiger partial charge in [0.2, 0.25) is 0 Å². The molecule has 0 radical (unpaired) electrons. The highest BCUT2D eigenvalue weighted by atomic mass is 16.5. The van der Waals surface area contributed by atoms with Crippen molar-refractivity contribution >= 4 is 5.97 Å². The lowest BCUT2D eigenvalue weighted by Gasteiger charge is -2.15. The van der Waals surface area contributed by atoms with Gasteiger partial charge in [-0.2, -0.15) is 0 Å². The molecule has 0 saturated carbocycles. The van der Waals surface area contributed by atoms with Crippen molar-refractivity contribution in [2.45, 2.75) is 26.2 Å². The molecule has 1 fully saturated rings. The van der Waals surface area contributed by atoms with Gasteiger partial charge in [0.1, 0.15) is 0 Å². The Hall–Kier alpha value is -0.990. The number of carbonyl (C=O) groups excluding carboxylic acids is 1. The molecule has 1 aliphatic heterocycles. The fourth-order valence-corrected chi connectivity index (χ4v) is 1.23. The van der Waals surface area contributed by atoms with E-state index in [1.54, 1.807) is 6.08 Å². The van der Waals surface area contributed by atoms with E-state index in [0.29, 0.717) is 6.61 Å². The minimum atomic E-state index is -0.234. The maximum absolute atomic E-state index is 11.0. The Balaban J connectivity index is 2.37. The molecule has 0 aliphatic carbocycles. The molecule has 1 saturated heterocycles. The Morgan fingerprint density at radius 1 is 1.67 bits per heavy atom. The van der Waals surface area contributed by atoms with Crippen LogP contribution in [0.3, 0.4) is 0 Å². The molecule has 0 aromatic heterocycles. The Kier molecular flexibility index (Phi) is 3.64. The molecule has 3 heteroatoms. The third kappa shape index (κ3) is 2.95. The van der Waals surface area contributed by atoms with Gasteiger partial charge < -0.3 is 10.1 Å². The lowest BCUT2D eigenvalue weighted by atomic mass is 10.1. The molecule has 1 rings (SSSR count). The molecule has 3 nitrogen and oxygen atoms in total. The van der Waals surface area contributed by atoms with E-state index in [1.807, 2.05) is 6.92 Å². The topological polar surface area (TPSA) is 38.3 Å². The number of rotatable bonds is 2. The summed E-state index contributed by atoms with van der Waals surface area (Å²) in [4.78, 5) is 11.0. The largest absolute Gasteiger partial charge is 0.463 e. The van der Waals surface area contributed by atoms with Gasteiger partial charge >= 0.3 is 5.97 Å². The van der Waals surface area contributed by atoms with Crippen LogP contribution in [0.25, 0.3) is 0 Å². The summed E-state index contributed by atoms with van der Waals surface area (Å²) in [5, 5.41) is 3.17. The zero-order valence-corrected chi connectivity index (χ0v) is 7.43. The fraction of sp³-hybridized carbons (Fsp3) is 0.667. The van der Waals surface area contributed by atoms with Crippen LogP contribution in [0.2, 0.25) is 0 Å². The van der Waals surface area contributed by atoms with Gasteiger partial charge in [0.25, 0.3) is 0 Å². The van der Waals surface area contributed by atoms with E-state index < -0.39 is 0 Å². The summed E-state index contributed by atoms with van der Waals surface area (Å²) < 4.78 is 4.79. The molecule has 1 N–H and O–H groups in total. The second-order valence-corrected chi connectivity index (χ2v) is 2.81. The minimum Gasteiger partial charge on any atom is -0.463 e. The second-order valence-electron chi connectivity index (χ2n) is 2.81. The number of hydrogen-bond donors (Lipinski definition) is 1. The molecule has 0 atom stereocenters. The van der Waals surface area contributed by atoms with Crippen LogP contribution in [0.15, 0.2) is 11.8 Å². The van der Waals surface area contributed by atoms with Crippen molar-refractivity contribution < 1.29 is 9.53 Å². The summed E-state index contributed by atoms with van der Waals surface area (Å²) in [5.41, 5.74) is 1.01. The summed E-state index contributed by atoms with van der Waals surface area (Å²) >= 11 is 0. The summed E-state index contributed by atoms with van der Waals surface area (Å²) in [7, 11) is 0. The van der Waals surface area contributed by atoms with Gasteiger partial charge in [-0.1, -0.05) is 0 Å².